The van der Waals surface area contributed by atoms with Crippen LogP contribution in [0.3, 0.4) is 0 Å². The smallest absolute Gasteiger partial charge is 0.235 e. The maximum Gasteiger partial charge on any atom is 0.235 e. The molecular formula is C25H18O4. The molecule has 0 bridgehead atoms. The van der Waals surface area contributed by atoms with E-state index in [1.165, 1.54) is 0 Å². The van der Waals surface area contributed by atoms with Gasteiger partial charge in [-0.05, 0) is 53.1 Å². The van der Waals surface area contributed by atoms with Gasteiger partial charge in [-0.1, -0.05) is 48.5 Å². The maximum atomic E-state index is 13.2. The number of ether oxygens (including phenoxy) is 1. The molecule has 4 nitrogen and oxygen atoms in total. The minimum Gasteiger partial charge on any atom is -0.481 e. The highest BCUT2D eigenvalue weighted by Gasteiger charge is 2.20. The van der Waals surface area contributed by atoms with Crippen LogP contribution in [0.5, 0.6) is 5.75 Å². The Balaban J connectivity index is 1.63. The molecule has 0 aliphatic heterocycles. The zero-order valence-corrected chi connectivity index (χ0v) is 15.8. The highest BCUT2D eigenvalue weighted by Crippen LogP contribution is 2.32. The van der Waals surface area contributed by atoms with E-state index in [0.29, 0.717) is 22.5 Å². The molecule has 0 amide bonds. The standard InChI is InChI=1S/C25H18O4/c1-16-11-12-20-22(14-16)29-24(21-10-5-13-27-21)25(23(20)26)28-15-18-8-4-7-17-6-2-3-9-19(17)18/h2-14H,15H2,1H3. The second-order valence-corrected chi connectivity index (χ2v) is 6.99. The van der Waals surface area contributed by atoms with E-state index in [1.807, 2.05) is 49.4 Å². The summed E-state index contributed by atoms with van der Waals surface area (Å²) in [6, 6.07) is 23.2. The quantitative estimate of drug-likeness (QED) is 0.377. The molecule has 0 saturated heterocycles. The lowest BCUT2D eigenvalue weighted by Gasteiger charge is -2.12. The first-order valence-electron chi connectivity index (χ1n) is 9.41. The maximum absolute atomic E-state index is 13.2. The minimum absolute atomic E-state index is 0.157. The van der Waals surface area contributed by atoms with Crippen LogP contribution >= 0.6 is 0 Å². The van der Waals surface area contributed by atoms with Crippen LogP contribution < -0.4 is 10.2 Å². The van der Waals surface area contributed by atoms with Gasteiger partial charge in [0.1, 0.15) is 12.2 Å². The van der Waals surface area contributed by atoms with Crippen molar-refractivity contribution in [2.75, 3.05) is 0 Å². The fraction of sp³-hybridized carbons (Fsp3) is 0.0800. The lowest BCUT2D eigenvalue weighted by Crippen LogP contribution is -2.10. The van der Waals surface area contributed by atoms with Crippen molar-refractivity contribution in [1.82, 2.24) is 0 Å². The predicted molar refractivity (Wildman–Crippen MR) is 113 cm³/mol. The van der Waals surface area contributed by atoms with Crippen LogP contribution in [-0.2, 0) is 6.61 Å². The van der Waals surface area contributed by atoms with Gasteiger partial charge in [-0.3, -0.25) is 4.79 Å². The first-order valence-corrected chi connectivity index (χ1v) is 9.41. The molecule has 0 unspecified atom stereocenters. The SMILES string of the molecule is Cc1ccc2c(=O)c(OCc3cccc4ccccc34)c(-c3ccco3)oc2c1. The Bertz CT molecular complexity index is 1370. The van der Waals surface area contributed by atoms with Gasteiger partial charge in [0.15, 0.2) is 5.76 Å². The fourth-order valence-electron chi connectivity index (χ4n) is 3.55. The second-order valence-electron chi connectivity index (χ2n) is 6.99. The van der Waals surface area contributed by atoms with Gasteiger partial charge in [0.05, 0.1) is 11.6 Å². The molecule has 2 heterocycles. The predicted octanol–water partition coefficient (Wildman–Crippen LogP) is 6.09. The molecule has 5 aromatic rings. The number of benzene rings is 3. The Morgan fingerprint density at radius 3 is 2.62 bits per heavy atom. The number of aryl methyl sites for hydroxylation is 1. The molecule has 0 aliphatic rings. The third kappa shape index (κ3) is 3.09. The summed E-state index contributed by atoms with van der Waals surface area (Å²) in [6.45, 7) is 2.20. The molecule has 0 spiro atoms. The van der Waals surface area contributed by atoms with Gasteiger partial charge in [0.2, 0.25) is 16.9 Å². The lowest BCUT2D eigenvalue weighted by molar-refractivity contribution is 0.297. The Labute approximate surface area is 167 Å². The Kier molecular flexibility index (Phi) is 4.17. The van der Waals surface area contributed by atoms with Gasteiger partial charge in [-0.2, -0.15) is 0 Å². The summed E-state index contributed by atoms with van der Waals surface area (Å²) in [5, 5.41) is 2.70. The molecule has 3 aromatic carbocycles. The Morgan fingerprint density at radius 2 is 1.76 bits per heavy atom. The molecular weight excluding hydrogens is 364 g/mol. The van der Waals surface area contributed by atoms with Crippen LogP contribution in [0.4, 0.5) is 0 Å². The van der Waals surface area contributed by atoms with Crippen molar-refractivity contribution < 1.29 is 13.6 Å². The summed E-state index contributed by atoms with van der Waals surface area (Å²) in [5.41, 5.74) is 2.31. The van der Waals surface area contributed by atoms with Gasteiger partial charge in [0, 0.05) is 0 Å². The van der Waals surface area contributed by atoms with Gasteiger partial charge in [-0.15, -0.1) is 0 Å². The highest BCUT2D eigenvalue weighted by atomic mass is 16.5. The van der Waals surface area contributed by atoms with E-state index in [2.05, 4.69) is 12.1 Å². The third-order valence-corrected chi connectivity index (χ3v) is 5.00. The summed E-state index contributed by atoms with van der Waals surface area (Å²) < 4.78 is 17.6. The van der Waals surface area contributed by atoms with Crippen molar-refractivity contribution in [3.8, 4) is 17.3 Å². The zero-order valence-electron chi connectivity index (χ0n) is 15.8. The van der Waals surface area contributed by atoms with E-state index in [0.717, 1.165) is 21.9 Å². The summed E-state index contributed by atoms with van der Waals surface area (Å²) in [5.74, 6) is 0.918. The lowest BCUT2D eigenvalue weighted by atomic mass is 10.1. The highest BCUT2D eigenvalue weighted by molar-refractivity contribution is 5.85. The first-order chi connectivity index (χ1) is 14.2. The number of furan rings is 1. The zero-order chi connectivity index (χ0) is 19.8. The first kappa shape index (κ1) is 17.3. The van der Waals surface area contributed by atoms with Crippen molar-refractivity contribution in [3.63, 3.8) is 0 Å². The Hall–Kier alpha value is -3.79. The monoisotopic (exact) mass is 382 g/mol. The second kappa shape index (κ2) is 6.99. The molecule has 4 heteroatoms. The van der Waals surface area contributed by atoms with Crippen molar-refractivity contribution in [1.29, 1.82) is 0 Å². The van der Waals surface area contributed by atoms with E-state index in [9.17, 15) is 4.79 Å². The normalized spacial score (nSPS) is 11.2. The van der Waals surface area contributed by atoms with Crippen LogP contribution in [0.25, 0.3) is 33.3 Å². The summed E-state index contributed by atoms with van der Waals surface area (Å²) in [4.78, 5) is 13.2. The summed E-state index contributed by atoms with van der Waals surface area (Å²) in [7, 11) is 0. The van der Waals surface area contributed by atoms with E-state index in [1.54, 1.807) is 24.5 Å². The van der Waals surface area contributed by atoms with Crippen molar-refractivity contribution in [3.05, 3.63) is 100 Å². The average Bonchev–Trinajstić information content (AvgIpc) is 3.27. The molecule has 0 radical (unpaired) electrons. The fourth-order valence-corrected chi connectivity index (χ4v) is 3.55. The average molecular weight is 382 g/mol. The van der Waals surface area contributed by atoms with Crippen molar-refractivity contribution >= 4 is 21.7 Å². The minimum atomic E-state index is -0.210. The van der Waals surface area contributed by atoms with Crippen molar-refractivity contribution in [2.45, 2.75) is 13.5 Å². The molecule has 142 valence electrons. The molecule has 0 atom stereocenters. The number of fused-ring (bicyclic) bond motifs is 2. The summed E-state index contributed by atoms with van der Waals surface area (Å²) >= 11 is 0. The van der Waals surface area contributed by atoms with E-state index < -0.39 is 0 Å². The molecule has 2 aromatic heterocycles. The van der Waals surface area contributed by atoms with E-state index in [-0.39, 0.29) is 17.8 Å². The molecule has 0 fully saturated rings. The topological polar surface area (TPSA) is 52.6 Å². The van der Waals surface area contributed by atoms with Crippen LogP contribution in [0.15, 0.2) is 92.7 Å². The largest absolute Gasteiger partial charge is 0.481 e. The van der Waals surface area contributed by atoms with Gasteiger partial charge in [0.25, 0.3) is 0 Å². The number of hydrogen-bond acceptors (Lipinski definition) is 4. The van der Waals surface area contributed by atoms with Gasteiger partial charge >= 0.3 is 0 Å². The number of rotatable bonds is 4. The molecule has 5 rings (SSSR count). The molecule has 0 aliphatic carbocycles. The van der Waals surface area contributed by atoms with Crippen LogP contribution in [0, 0.1) is 6.92 Å². The summed E-state index contributed by atoms with van der Waals surface area (Å²) in [6.07, 6.45) is 1.55. The number of hydrogen-bond donors (Lipinski definition) is 0. The molecule has 0 saturated carbocycles. The Morgan fingerprint density at radius 1 is 0.897 bits per heavy atom. The van der Waals surface area contributed by atoms with Gasteiger partial charge in [-0.25, -0.2) is 0 Å². The third-order valence-electron chi connectivity index (χ3n) is 5.00. The van der Waals surface area contributed by atoms with Crippen LogP contribution in [0.1, 0.15) is 11.1 Å². The van der Waals surface area contributed by atoms with E-state index >= 15 is 0 Å². The molecule has 0 N–H and O–H groups in total. The van der Waals surface area contributed by atoms with Gasteiger partial charge < -0.3 is 13.6 Å². The van der Waals surface area contributed by atoms with E-state index in [4.69, 9.17) is 13.6 Å². The van der Waals surface area contributed by atoms with Crippen LogP contribution in [-0.4, -0.2) is 0 Å². The van der Waals surface area contributed by atoms with Crippen molar-refractivity contribution in [2.24, 2.45) is 0 Å². The molecule has 29 heavy (non-hydrogen) atoms. The van der Waals surface area contributed by atoms with Crippen LogP contribution in [0.2, 0.25) is 0 Å².